The highest BCUT2D eigenvalue weighted by Crippen LogP contribution is 2.36. The van der Waals surface area contributed by atoms with E-state index in [9.17, 15) is 0 Å². The number of likely N-dealkylation sites (N-methyl/N-ethyl adjacent to an activating group) is 1. The molecule has 0 saturated heterocycles. The first-order chi connectivity index (χ1) is 6.50. The molecule has 1 fully saturated rings. The summed E-state index contributed by atoms with van der Waals surface area (Å²) in [6, 6.07) is 0.123. The molecule has 2 nitrogen and oxygen atoms in total. The summed E-state index contributed by atoms with van der Waals surface area (Å²) in [5.41, 5.74) is 7.57. The number of hydrogen-bond acceptors (Lipinski definition) is 2. The Morgan fingerprint density at radius 1 is 1.29 bits per heavy atom. The fourth-order valence-electron chi connectivity index (χ4n) is 2.66. The number of hydrogen-bond donors (Lipinski definition) is 1. The van der Waals surface area contributed by atoms with E-state index in [1.807, 2.05) is 6.92 Å². The molecule has 0 radical (unpaired) electrons. The standard InChI is InChI=1S/C12H24N2/c1-10(2)11(13)12(14(3)4)8-6-5-7-9-12/h11H,1,5-9,13H2,2-4H3. The zero-order chi connectivity index (χ0) is 10.8. The van der Waals surface area contributed by atoms with Crippen LogP contribution in [-0.2, 0) is 0 Å². The number of nitrogens with zero attached hydrogens (tertiary/aromatic N) is 1. The van der Waals surface area contributed by atoms with Crippen molar-refractivity contribution in [3.8, 4) is 0 Å². The monoisotopic (exact) mass is 196 g/mol. The van der Waals surface area contributed by atoms with Crippen molar-refractivity contribution in [2.24, 2.45) is 5.73 Å². The second-order valence-electron chi connectivity index (χ2n) is 4.88. The van der Waals surface area contributed by atoms with Gasteiger partial charge in [0.15, 0.2) is 0 Å². The van der Waals surface area contributed by atoms with Gasteiger partial charge in [-0.15, -0.1) is 0 Å². The number of rotatable bonds is 3. The Morgan fingerprint density at radius 2 is 1.79 bits per heavy atom. The third kappa shape index (κ3) is 2.01. The second kappa shape index (κ2) is 4.45. The van der Waals surface area contributed by atoms with Gasteiger partial charge in [-0.05, 0) is 33.9 Å². The van der Waals surface area contributed by atoms with Gasteiger partial charge in [0, 0.05) is 11.6 Å². The van der Waals surface area contributed by atoms with Crippen LogP contribution < -0.4 is 5.73 Å². The minimum Gasteiger partial charge on any atom is -0.323 e. The van der Waals surface area contributed by atoms with Gasteiger partial charge < -0.3 is 10.6 Å². The van der Waals surface area contributed by atoms with Crippen LogP contribution >= 0.6 is 0 Å². The summed E-state index contributed by atoms with van der Waals surface area (Å²) in [7, 11) is 4.29. The molecule has 0 spiro atoms. The first kappa shape index (κ1) is 11.7. The van der Waals surface area contributed by atoms with Crippen molar-refractivity contribution >= 4 is 0 Å². The predicted octanol–water partition coefficient (Wildman–Crippen LogP) is 2.15. The van der Waals surface area contributed by atoms with Gasteiger partial charge in [-0.1, -0.05) is 31.4 Å². The van der Waals surface area contributed by atoms with Crippen molar-refractivity contribution in [2.45, 2.75) is 50.6 Å². The van der Waals surface area contributed by atoms with Crippen molar-refractivity contribution in [1.82, 2.24) is 4.90 Å². The quantitative estimate of drug-likeness (QED) is 0.701. The number of nitrogens with two attached hydrogens (primary N) is 1. The van der Waals surface area contributed by atoms with Gasteiger partial charge in [-0.2, -0.15) is 0 Å². The molecule has 0 amide bonds. The van der Waals surface area contributed by atoms with E-state index in [2.05, 4.69) is 25.6 Å². The normalized spacial score (nSPS) is 23.5. The van der Waals surface area contributed by atoms with Crippen molar-refractivity contribution in [1.29, 1.82) is 0 Å². The molecule has 0 aliphatic heterocycles. The lowest BCUT2D eigenvalue weighted by atomic mass is 9.74. The first-order valence-electron chi connectivity index (χ1n) is 5.59. The predicted molar refractivity (Wildman–Crippen MR) is 62.3 cm³/mol. The van der Waals surface area contributed by atoms with Gasteiger partial charge in [0.25, 0.3) is 0 Å². The maximum absolute atomic E-state index is 6.29. The summed E-state index contributed by atoms with van der Waals surface area (Å²) in [5.74, 6) is 0. The van der Waals surface area contributed by atoms with E-state index in [4.69, 9.17) is 5.73 Å². The molecule has 0 aromatic rings. The van der Waals surface area contributed by atoms with Crippen molar-refractivity contribution in [3.05, 3.63) is 12.2 Å². The summed E-state index contributed by atoms with van der Waals surface area (Å²) in [5, 5.41) is 0. The van der Waals surface area contributed by atoms with E-state index in [0.717, 1.165) is 5.57 Å². The molecular formula is C12H24N2. The molecule has 14 heavy (non-hydrogen) atoms. The Balaban J connectivity index is 2.85. The van der Waals surface area contributed by atoms with Crippen LogP contribution in [0, 0.1) is 0 Å². The molecule has 1 aliphatic carbocycles. The Labute approximate surface area is 88.2 Å². The smallest absolute Gasteiger partial charge is 0.0435 e. The average Bonchev–Trinajstić information content (AvgIpc) is 2.17. The molecule has 0 heterocycles. The van der Waals surface area contributed by atoms with Crippen molar-refractivity contribution < 1.29 is 0 Å². The largest absolute Gasteiger partial charge is 0.323 e. The summed E-state index contributed by atoms with van der Waals surface area (Å²) in [4.78, 5) is 2.31. The molecule has 2 heteroatoms. The highest BCUT2D eigenvalue weighted by molar-refractivity contribution is 5.14. The van der Waals surface area contributed by atoms with E-state index in [1.165, 1.54) is 32.1 Å². The summed E-state index contributed by atoms with van der Waals surface area (Å²) < 4.78 is 0. The SMILES string of the molecule is C=C(C)C(N)C1(N(C)C)CCCCC1. The van der Waals surface area contributed by atoms with Crippen LogP contribution in [0.2, 0.25) is 0 Å². The molecule has 82 valence electrons. The van der Waals surface area contributed by atoms with Gasteiger partial charge in [0.05, 0.1) is 0 Å². The Kier molecular flexibility index (Phi) is 3.73. The third-order valence-corrected chi connectivity index (χ3v) is 3.72. The summed E-state index contributed by atoms with van der Waals surface area (Å²) >= 11 is 0. The molecule has 1 atom stereocenters. The molecule has 0 aromatic heterocycles. The zero-order valence-corrected chi connectivity index (χ0v) is 9.84. The lowest BCUT2D eigenvalue weighted by molar-refractivity contribution is 0.0832. The topological polar surface area (TPSA) is 29.3 Å². The highest BCUT2D eigenvalue weighted by Gasteiger charge is 2.39. The molecule has 1 rings (SSSR count). The average molecular weight is 196 g/mol. The van der Waals surface area contributed by atoms with E-state index in [0.29, 0.717) is 0 Å². The van der Waals surface area contributed by atoms with E-state index in [1.54, 1.807) is 0 Å². The second-order valence-corrected chi connectivity index (χ2v) is 4.88. The van der Waals surface area contributed by atoms with Crippen LogP contribution in [0.25, 0.3) is 0 Å². The van der Waals surface area contributed by atoms with Gasteiger partial charge >= 0.3 is 0 Å². The summed E-state index contributed by atoms with van der Waals surface area (Å²) in [6.45, 7) is 6.05. The first-order valence-corrected chi connectivity index (χ1v) is 5.59. The lowest BCUT2D eigenvalue weighted by Crippen LogP contribution is -2.58. The minimum absolute atomic E-state index is 0.123. The molecule has 1 aliphatic rings. The minimum atomic E-state index is 0.123. The zero-order valence-electron chi connectivity index (χ0n) is 9.84. The molecule has 0 aromatic carbocycles. The lowest BCUT2D eigenvalue weighted by Gasteiger charge is -2.47. The molecule has 1 saturated carbocycles. The highest BCUT2D eigenvalue weighted by atomic mass is 15.2. The van der Waals surface area contributed by atoms with Crippen LogP contribution in [-0.4, -0.2) is 30.6 Å². The van der Waals surface area contributed by atoms with E-state index < -0.39 is 0 Å². The Bertz CT molecular complexity index is 202. The molecule has 0 bridgehead atoms. The van der Waals surface area contributed by atoms with Crippen LogP contribution in [0.1, 0.15) is 39.0 Å². The van der Waals surface area contributed by atoms with Crippen molar-refractivity contribution in [2.75, 3.05) is 14.1 Å². The van der Waals surface area contributed by atoms with E-state index in [-0.39, 0.29) is 11.6 Å². The van der Waals surface area contributed by atoms with Crippen LogP contribution in [0.5, 0.6) is 0 Å². The molecular weight excluding hydrogens is 172 g/mol. The molecule has 2 N–H and O–H groups in total. The maximum Gasteiger partial charge on any atom is 0.0435 e. The van der Waals surface area contributed by atoms with Gasteiger partial charge in [0.1, 0.15) is 0 Å². The van der Waals surface area contributed by atoms with Crippen molar-refractivity contribution in [3.63, 3.8) is 0 Å². The van der Waals surface area contributed by atoms with Gasteiger partial charge in [-0.3, -0.25) is 0 Å². The molecule has 1 unspecified atom stereocenters. The Morgan fingerprint density at radius 3 is 2.14 bits per heavy atom. The van der Waals surface area contributed by atoms with E-state index >= 15 is 0 Å². The maximum atomic E-state index is 6.29. The summed E-state index contributed by atoms with van der Waals surface area (Å²) in [6.07, 6.45) is 6.40. The van der Waals surface area contributed by atoms with Gasteiger partial charge in [0.2, 0.25) is 0 Å². The van der Waals surface area contributed by atoms with Crippen LogP contribution in [0.3, 0.4) is 0 Å². The van der Waals surface area contributed by atoms with Crippen LogP contribution in [0.4, 0.5) is 0 Å². The Hall–Kier alpha value is -0.340. The fraction of sp³-hybridized carbons (Fsp3) is 0.833. The van der Waals surface area contributed by atoms with Crippen LogP contribution in [0.15, 0.2) is 12.2 Å². The fourth-order valence-corrected chi connectivity index (χ4v) is 2.66. The third-order valence-electron chi connectivity index (χ3n) is 3.72. The van der Waals surface area contributed by atoms with Gasteiger partial charge in [-0.25, -0.2) is 0 Å².